The number of benzene rings is 2. The molecule has 2 heterocycles. The molecule has 3 aromatic rings. The van der Waals surface area contributed by atoms with Crippen molar-refractivity contribution in [3.63, 3.8) is 0 Å². The number of amides is 1. The molecule has 0 unspecified atom stereocenters. The molecule has 0 saturated carbocycles. The Morgan fingerprint density at radius 3 is 2.66 bits per heavy atom. The van der Waals surface area contributed by atoms with Crippen LogP contribution in [0.2, 0.25) is 0 Å². The molecule has 0 aliphatic carbocycles. The van der Waals surface area contributed by atoms with Gasteiger partial charge >= 0.3 is 0 Å². The number of nitrogens with one attached hydrogen (secondary N) is 1. The maximum atomic E-state index is 13.0. The first-order chi connectivity index (χ1) is 15.4. The van der Waals surface area contributed by atoms with Crippen LogP contribution in [0.5, 0.6) is 0 Å². The van der Waals surface area contributed by atoms with Gasteiger partial charge in [-0.05, 0) is 30.2 Å². The second-order valence-electron chi connectivity index (χ2n) is 8.04. The van der Waals surface area contributed by atoms with Crippen LogP contribution >= 0.6 is 0 Å². The maximum absolute atomic E-state index is 13.0. The van der Waals surface area contributed by atoms with Crippen LogP contribution in [0.15, 0.2) is 60.7 Å². The zero-order valence-corrected chi connectivity index (χ0v) is 17.8. The van der Waals surface area contributed by atoms with Gasteiger partial charge in [0.2, 0.25) is 0 Å². The summed E-state index contributed by atoms with van der Waals surface area (Å²) in [5.41, 5.74) is 2.86. The zero-order valence-electron chi connectivity index (χ0n) is 17.8. The molecule has 8 nitrogen and oxygen atoms in total. The van der Waals surface area contributed by atoms with E-state index in [9.17, 15) is 20.1 Å². The van der Waals surface area contributed by atoms with Gasteiger partial charge in [0.25, 0.3) is 5.91 Å². The molecule has 0 spiro atoms. The Balaban J connectivity index is 1.52. The van der Waals surface area contributed by atoms with E-state index in [1.807, 2.05) is 43.3 Å². The fourth-order valence-electron chi connectivity index (χ4n) is 3.93. The van der Waals surface area contributed by atoms with Crippen molar-refractivity contribution in [2.75, 3.05) is 11.9 Å². The molecule has 4 N–H and O–H groups in total. The van der Waals surface area contributed by atoms with E-state index < -0.39 is 24.4 Å². The Labute approximate surface area is 186 Å². The van der Waals surface area contributed by atoms with Crippen LogP contribution in [-0.4, -0.2) is 55.9 Å². The minimum Gasteiger partial charge on any atom is -0.394 e. The summed E-state index contributed by atoms with van der Waals surface area (Å²) >= 11 is 0. The lowest BCUT2D eigenvalue weighted by Crippen LogP contribution is -2.44. The summed E-state index contributed by atoms with van der Waals surface area (Å²) in [5, 5.41) is 37.1. The summed E-state index contributed by atoms with van der Waals surface area (Å²) in [6.07, 6.45) is -3.32. The molecule has 4 rings (SSSR count). The molecule has 0 radical (unpaired) electrons. The summed E-state index contributed by atoms with van der Waals surface area (Å²) in [6.45, 7) is 2.04. The van der Waals surface area contributed by atoms with Crippen LogP contribution in [-0.2, 0) is 11.3 Å². The van der Waals surface area contributed by atoms with E-state index in [1.165, 1.54) is 0 Å². The number of nitrogens with zero attached hydrogens (tertiary/aromatic N) is 2. The van der Waals surface area contributed by atoms with Crippen LogP contribution in [0.4, 0.5) is 5.82 Å². The van der Waals surface area contributed by atoms with E-state index >= 15 is 0 Å². The van der Waals surface area contributed by atoms with Gasteiger partial charge in [-0.15, -0.1) is 0 Å². The monoisotopic (exact) mass is 437 g/mol. The minimum atomic E-state index is -0.943. The number of hydrogen-bond donors (Lipinski definition) is 4. The van der Waals surface area contributed by atoms with Gasteiger partial charge in [0.15, 0.2) is 0 Å². The van der Waals surface area contributed by atoms with Gasteiger partial charge in [-0.25, -0.2) is 4.68 Å². The molecule has 8 heteroatoms. The number of aryl methyl sites for hydroxylation is 1. The number of ether oxygens (including phenoxy) is 1. The quantitative estimate of drug-likeness (QED) is 0.469. The summed E-state index contributed by atoms with van der Waals surface area (Å²) in [7, 11) is 0. The van der Waals surface area contributed by atoms with E-state index in [-0.39, 0.29) is 18.9 Å². The number of carbonyl (C=O) groups is 1. The van der Waals surface area contributed by atoms with E-state index in [0.717, 1.165) is 11.3 Å². The predicted molar refractivity (Wildman–Crippen MR) is 118 cm³/mol. The fourth-order valence-corrected chi connectivity index (χ4v) is 3.93. The summed E-state index contributed by atoms with van der Waals surface area (Å²) < 4.78 is 7.44. The molecular weight excluding hydrogens is 410 g/mol. The molecule has 1 amide bonds. The van der Waals surface area contributed by atoms with E-state index in [0.29, 0.717) is 23.5 Å². The Bertz CT molecular complexity index is 1070. The highest BCUT2D eigenvalue weighted by atomic mass is 16.5. The molecule has 1 saturated heterocycles. The van der Waals surface area contributed by atoms with Gasteiger partial charge in [0, 0.05) is 18.1 Å². The third-order valence-electron chi connectivity index (χ3n) is 5.56. The molecule has 32 heavy (non-hydrogen) atoms. The average molecular weight is 437 g/mol. The first kappa shape index (κ1) is 22.2. The average Bonchev–Trinajstić information content (AvgIpc) is 3.13. The predicted octanol–water partition coefficient (Wildman–Crippen LogP) is 2.04. The second-order valence-corrected chi connectivity index (χ2v) is 8.04. The maximum Gasteiger partial charge on any atom is 0.256 e. The van der Waals surface area contributed by atoms with E-state index in [2.05, 4.69) is 10.4 Å². The third kappa shape index (κ3) is 4.89. The molecule has 1 aromatic heterocycles. The van der Waals surface area contributed by atoms with Gasteiger partial charge in [-0.1, -0.05) is 42.5 Å². The normalized spacial score (nSPS) is 23.1. The van der Waals surface area contributed by atoms with Crippen LogP contribution in [0, 0.1) is 6.92 Å². The van der Waals surface area contributed by atoms with Crippen molar-refractivity contribution in [2.24, 2.45) is 0 Å². The first-order valence-corrected chi connectivity index (χ1v) is 10.6. The van der Waals surface area contributed by atoms with Gasteiger partial charge in [0.05, 0.1) is 31.1 Å². The fraction of sp³-hybridized carbons (Fsp3) is 0.333. The topological polar surface area (TPSA) is 117 Å². The molecular formula is C24H27N3O5. The molecule has 1 fully saturated rings. The Morgan fingerprint density at radius 1 is 1.12 bits per heavy atom. The number of aliphatic hydroxyl groups is 3. The Hall–Kier alpha value is -3.04. The van der Waals surface area contributed by atoms with Crippen LogP contribution in [0.25, 0.3) is 0 Å². The Kier molecular flexibility index (Phi) is 6.66. The highest BCUT2D eigenvalue weighted by molar-refractivity contribution is 6.04. The Morgan fingerprint density at radius 2 is 1.91 bits per heavy atom. The van der Waals surface area contributed by atoms with Crippen molar-refractivity contribution in [1.82, 2.24) is 9.78 Å². The first-order valence-electron chi connectivity index (χ1n) is 10.6. The van der Waals surface area contributed by atoms with Crippen LogP contribution < -0.4 is 5.32 Å². The lowest BCUT2D eigenvalue weighted by Gasteiger charge is -2.36. The number of anilines is 1. The number of carbonyl (C=O) groups excluding carboxylic acids is 1. The molecule has 168 valence electrons. The van der Waals surface area contributed by atoms with E-state index in [4.69, 9.17) is 4.74 Å². The third-order valence-corrected chi connectivity index (χ3v) is 5.56. The number of hydrogen-bond acceptors (Lipinski definition) is 6. The number of aromatic nitrogens is 2. The summed E-state index contributed by atoms with van der Waals surface area (Å²) in [5.74, 6) is 0.268. The highest BCUT2D eigenvalue weighted by Crippen LogP contribution is 2.32. The lowest BCUT2D eigenvalue weighted by atomic mass is 9.93. The van der Waals surface area contributed by atoms with Gasteiger partial charge in [0.1, 0.15) is 18.0 Å². The van der Waals surface area contributed by atoms with Crippen LogP contribution in [0.3, 0.4) is 0 Å². The van der Waals surface area contributed by atoms with Crippen molar-refractivity contribution in [2.45, 2.75) is 44.3 Å². The number of aliphatic hydroxyl groups excluding tert-OH is 3. The zero-order chi connectivity index (χ0) is 22.7. The largest absolute Gasteiger partial charge is 0.394 e. The van der Waals surface area contributed by atoms with Gasteiger partial charge in [-0.3, -0.25) is 4.79 Å². The van der Waals surface area contributed by atoms with E-state index in [1.54, 1.807) is 28.9 Å². The highest BCUT2D eigenvalue weighted by Gasteiger charge is 2.36. The van der Waals surface area contributed by atoms with Crippen molar-refractivity contribution in [3.8, 4) is 0 Å². The smallest absolute Gasteiger partial charge is 0.256 e. The molecule has 4 atom stereocenters. The second kappa shape index (κ2) is 9.62. The summed E-state index contributed by atoms with van der Waals surface area (Å²) in [4.78, 5) is 13.0. The lowest BCUT2D eigenvalue weighted by molar-refractivity contribution is -0.181. The molecule has 1 aliphatic heterocycles. The van der Waals surface area contributed by atoms with Crippen molar-refractivity contribution in [3.05, 3.63) is 83.0 Å². The molecule has 1 aliphatic rings. The molecule has 0 bridgehead atoms. The van der Waals surface area contributed by atoms with Gasteiger partial charge in [-0.2, -0.15) is 5.10 Å². The van der Waals surface area contributed by atoms with Crippen molar-refractivity contribution < 1.29 is 24.9 Å². The van der Waals surface area contributed by atoms with Gasteiger partial charge < -0.3 is 25.4 Å². The van der Waals surface area contributed by atoms with Crippen LogP contribution in [0.1, 0.15) is 39.7 Å². The standard InChI is InChI=1S/C24H27N3O5/c1-15-10-22(27(26-15)13-16-6-3-2-4-7-16)25-24(31)18-9-5-8-17(11-18)23-20(30)12-19(29)21(14-28)32-23/h2-11,19-21,23,28-30H,12-14H2,1H3,(H,25,31)/t19-,20-,21+,23+/m0/s1. The minimum absolute atomic E-state index is 0.0876. The summed E-state index contributed by atoms with van der Waals surface area (Å²) in [6, 6.07) is 18.5. The number of rotatable bonds is 6. The van der Waals surface area contributed by atoms with Crippen molar-refractivity contribution >= 4 is 11.7 Å². The molecule has 2 aromatic carbocycles. The van der Waals surface area contributed by atoms with Crippen molar-refractivity contribution in [1.29, 1.82) is 0 Å². The SMILES string of the molecule is Cc1cc(NC(=O)c2cccc([C@H]3O[C@H](CO)[C@@H](O)C[C@@H]3O)c2)n(Cc2ccccc2)n1.